The van der Waals surface area contributed by atoms with Crippen molar-refractivity contribution in [3.8, 4) is 5.75 Å². The molecule has 1 fully saturated rings. The molecule has 0 unspecified atom stereocenters. The number of amides is 1. The molecular weight excluding hydrogens is 276 g/mol. The number of aromatic hydroxyl groups is 1. The first-order valence-corrected chi connectivity index (χ1v) is 6.95. The van der Waals surface area contributed by atoms with Gasteiger partial charge < -0.3 is 15.2 Å². The van der Waals surface area contributed by atoms with E-state index in [4.69, 9.17) is 4.74 Å². The Morgan fingerprint density at radius 1 is 1.43 bits per heavy atom. The van der Waals surface area contributed by atoms with Crippen molar-refractivity contribution in [2.75, 3.05) is 13.2 Å². The number of rotatable bonds is 6. The summed E-state index contributed by atoms with van der Waals surface area (Å²) >= 11 is 0. The largest absolute Gasteiger partial charge is 0.502 e. The fourth-order valence-electron chi connectivity index (χ4n) is 2.40. The molecule has 1 saturated carbocycles. The van der Waals surface area contributed by atoms with Gasteiger partial charge >= 0.3 is 5.69 Å². The lowest BCUT2D eigenvalue weighted by Crippen LogP contribution is -2.28. The van der Waals surface area contributed by atoms with E-state index in [2.05, 4.69) is 5.32 Å². The van der Waals surface area contributed by atoms with Crippen LogP contribution in [0.2, 0.25) is 0 Å². The molecule has 0 radical (unpaired) electrons. The number of nitro benzene ring substituents is 1. The van der Waals surface area contributed by atoms with Crippen LogP contribution in [0, 0.1) is 10.1 Å². The van der Waals surface area contributed by atoms with Gasteiger partial charge in [0, 0.05) is 12.6 Å². The van der Waals surface area contributed by atoms with Crippen molar-refractivity contribution in [1.29, 1.82) is 0 Å². The van der Waals surface area contributed by atoms with Crippen LogP contribution in [0.4, 0.5) is 5.69 Å². The van der Waals surface area contributed by atoms with E-state index in [0.717, 1.165) is 18.9 Å². The fraction of sp³-hybridized carbons (Fsp3) is 0.500. The number of carbonyl (C=O) groups excluding carboxylic acids is 1. The summed E-state index contributed by atoms with van der Waals surface area (Å²) in [5.74, 6) is -1.16. The normalized spacial score (nSPS) is 15.0. The maximum Gasteiger partial charge on any atom is 0.311 e. The van der Waals surface area contributed by atoms with Gasteiger partial charge in [-0.3, -0.25) is 14.9 Å². The SMILES string of the molecule is O=C(NCCOC1CCCC1)c1cccc([N+](=O)[O-])c1O. The molecule has 1 aromatic rings. The molecule has 1 aliphatic carbocycles. The van der Waals surface area contributed by atoms with Crippen molar-refractivity contribution in [2.24, 2.45) is 0 Å². The summed E-state index contributed by atoms with van der Waals surface area (Å²) in [5.41, 5.74) is -0.588. The highest BCUT2D eigenvalue weighted by Gasteiger charge is 2.20. The predicted molar refractivity (Wildman–Crippen MR) is 75.3 cm³/mol. The number of hydrogen-bond donors (Lipinski definition) is 2. The first-order valence-electron chi connectivity index (χ1n) is 6.95. The Morgan fingerprint density at radius 2 is 2.14 bits per heavy atom. The standard InChI is InChI=1S/C14H18N2O5/c17-13-11(6-3-7-12(13)16(19)20)14(18)15-8-9-21-10-4-1-2-5-10/h3,6-7,10,17H,1-2,4-5,8-9H2,(H,15,18). The maximum atomic E-state index is 11.9. The van der Waals surface area contributed by atoms with Crippen molar-refractivity contribution in [3.63, 3.8) is 0 Å². The van der Waals surface area contributed by atoms with E-state index >= 15 is 0 Å². The van der Waals surface area contributed by atoms with E-state index in [-0.39, 0.29) is 11.7 Å². The summed E-state index contributed by atoms with van der Waals surface area (Å²) in [7, 11) is 0. The number of nitro groups is 1. The summed E-state index contributed by atoms with van der Waals surface area (Å²) in [6, 6.07) is 3.85. The Hall–Kier alpha value is -2.15. The van der Waals surface area contributed by atoms with Crippen molar-refractivity contribution in [3.05, 3.63) is 33.9 Å². The third-order valence-electron chi connectivity index (χ3n) is 3.50. The van der Waals surface area contributed by atoms with Crippen molar-refractivity contribution in [1.82, 2.24) is 5.32 Å². The zero-order valence-corrected chi connectivity index (χ0v) is 11.6. The number of nitrogens with one attached hydrogen (secondary N) is 1. The highest BCUT2D eigenvalue weighted by molar-refractivity contribution is 5.98. The van der Waals surface area contributed by atoms with Crippen molar-refractivity contribution < 1.29 is 19.6 Å². The molecule has 0 spiro atoms. The first kappa shape index (κ1) is 15.2. The molecule has 2 N–H and O–H groups in total. The van der Waals surface area contributed by atoms with E-state index in [1.807, 2.05) is 0 Å². The van der Waals surface area contributed by atoms with Gasteiger partial charge in [-0.25, -0.2) is 0 Å². The summed E-state index contributed by atoms with van der Waals surface area (Å²) in [5, 5.41) is 23.0. The minimum Gasteiger partial charge on any atom is -0.502 e. The molecule has 0 saturated heterocycles. The molecule has 7 nitrogen and oxygen atoms in total. The Bertz CT molecular complexity index is 526. The number of hydrogen-bond acceptors (Lipinski definition) is 5. The summed E-state index contributed by atoms with van der Waals surface area (Å²) in [4.78, 5) is 21.9. The van der Waals surface area contributed by atoms with E-state index in [1.54, 1.807) is 0 Å². The lowest BCUT2D eigenvalue weighted by atomic mass is 10.1. The predicted octanol–water partition coefficient (Wildman–Crippen LogP) is 1.99. The molecule has 0 heterocycles. The number of para-hydroxylation sites is 1. The van der Waals surface area contributed by atoms with Gasteiger partial charge in [-0.1, -0.05) is 18.9 Å². The van der Waals surface area contributed by atoms with Crippen LogP contribution in [-0.4, -0.2) is 35.2 Å². The minimum atomic E-state index is -0.727. The van der Waals surface area contributed by atoms with E-state index in [0.29, 0.717) is 13.2 Å². The van der Waals surface area contributed by atoms with Crippen LogP contribution in [0.5, 0.6) is 5.75 Å². The Labute approximate surface area is 122 Å². The molecular formula is C14H18N2O5. The number of carbonyl (C=O) groups is 1. The molecule has 1 aromatic carbocycles. The van der Waals surface area contributed by atoms with Crippen molar-refractivity contribution >= 4 is 11.6 Å². The molecule has 1 amide bonds. The smallest absolute Gasteiger partial charge is 0.311 e. The van der Waals surface area contributed by atoms with Crippen LogP contribution < -0.4 is 5.32 Å². The van der Waals surface area contributed by atoms with Gasteiger partial charge in [-0.15, -0.1) is 0 Å². The number of phenols is 1. The molecule has 0 atom stereocenters. The second-order valence-corrected chi connectivity index (χ2v) is 4.96. The van der Waals surface area contributed by atoms with Crippen molar-refractivity contribution in [2.45, 2.75) is 31.8 Å². The number of nitrogens with zero attached hydrogens (tertiary/aromatic N) is 1. The Morgan fingerprint density at radius 3 is 2.81 bits per heavy atom. The minimum absolute atomic E-state index is 0.106. The van der Waals surface area contributed by atoms with Gasteiger partial charge in [0.2, 0.25) is 5.75 Å². The topological polar surface area (TPSA) is 102 Å². The molecule has 114 valence electrons. The third kappa shape index (κ3) is 3.91. The molecule has 0 bridgehead atoms. The number of phenolic OH excluding ortho intramolecular Hbond substituents is 1. The number of benzene rings is 1. The Kier molecular flexibility index (Phi) is 5.10. The zero-order valence-electron chi connectivity index (χ0n) is 11.6. The molecule has 1 aliphatic rings. The summed E-state index contributed by atoms with van der Waals surface area (Å²) in [6.45, 7) is 0.698. The average molecular weight is 294 g/mol. The van der Waals surface area contributed by atoms with Gasteiger partial charge in [0.1, 0.15) is 0 Å². The van der Waals surface area contributed by atoms with Crippen LogP contribution in [0.15, 0.2) is 18.2 Å². The first-order chi connectivity index (χ1) is 10.1. The monoisotopic (exact) mass is 294 g/mol. The lowest BCUT2D eigenvalue weighted by molar-refractivity contribution is -0.385. The molecule has 7 heteroatoms. The van der Waals surface area contributed by atoms with Crippen LogP contribution in [0.25, 0.3) is 0 Å². The maximum absolute atomic E-state index is 11.9. The van der Waals surface area contributed by atoms with E-state index in [9.17, 15) is 20.0 Å². The highest BCUT2D eigenvalue weighted by atomic mass is 16.6. The molecule has 0 aromatic heterocycles. The zero-order chi connectivity index (χ0) is 15.2. The van der Waals surface area contributed by atoms with E-state index < -0.39 is 22.3 Å². The highest BCUT2D eigenvalue weighted by Crippen LogP contribution is 2.29. The second kappa shape index (κ2) is 7.03. The van der Waals surface area contributed by atoms with Gasteiger partial charge in [-0.05, 0) is 18.9 Å². The van der Waals surface area contributed by atoms with Crippen LogP contribution in [-0.2, 0) is 4.74 Å². The molecule has 21 heavy (non-hydrogen) atoms. The quantitative estimate of drug-likeness (QED) is 0.474. The third-order valence-corrected chi connectivity index (χ3v) is 3.50. The van der Waals surface area contributed by atoms with Gasteiger partial charge in [0.25, 0.3) is 5.91 Å². The van der Waals surface area contributed by atoms with Gasteiger partial charge in [0.05, 0.1) is 23.2 Å². The fourth-order valence-corrected chi connectivity index (χ4v) is 2.40. The van der Waals surface area contributed by atoms with Crippen LogP contribution in [0.1, 0.15) is 36.0 Å². The molecule has 0 aliphatic heterocycles. The molecule has 2 rings (SSSR count). The summed E-state index contributed by atoms with van der Waals surface area (Å²) < 4.78 is 5.60. The van der Waals surface area contributed by atoms with E-state index in [1.165, 1.54) is 25.0 Å². The second-order valence-electron chi connectivity index (χ2n) is 4.96. The summed E-state index contributed by atoms with van der Waals surface area (Å²) in [6.07, 6.45) is 4.74. The average Bonchev–Trinajstić information content (AvgIpc) is 2.96. The number of ether oxygens (including phenoxy) is 1. The van der Waals surface area contributed by atoms with Crippen LogP contribution >= 0.6 is 0 Å². The van der Waals surface area contributed by atoms with Crippen LogP contribution in [0.3, 0.4) is 0 Å². The lowest BCUT2D eigenvalue weighted by Gasteiger charge is -2.11. The van der Waals surface area contributed by atoms with Gasteiger partial charge in [-0.2, -0.15) is 0 Å². The van der Waals surface area contributed by atoms with Gasteiger partial charge in [0.15, 0.2) is 0 Å². The Balaban J connectivity index is 1.85.